The van der Waals surface area contributed by atoms with Crippen molar-refractivity contribution in [3.63, 3.8) is 0 Å². The molecule has 0 aliphatic carbocycles. The van der Waals surface area contributed by atoms with Crippen molar-refractivity contribution < 1.29 is 38.4 Å². The fraction of sp³-hybridized carbons (Fsp3) is 0.778. The van der Waals surface area contributed by atoms with E-state index in [-0.39, 0.29) is 18.7 Å². The first-order valence-corrected chi connectivity index (χ1v) is 11.6. The van der Waals surface area contributed by atoms with Crippen molar-refractivity contribution in [1.29, 1.82) is 0 Å². The summed E-state index contributed by atoms with van der Waals surface area (Å²) in [5, 5.41) is 29.0. The molecule has 1 saturated heterocycles. The molecule has 0 radical (unpaired) electrons. The van der Waals surface area contributed by atoms with Gasteiger partial charge in [0.05, 0.1) is 6.10 Å². The van der Waals surface area contributed by atoms with Crippen LogP contribution in [0.3, 0.4) is 0 Å². The second kappa shape index (κ2) is 9.22. The van der Waals surface area contributed by atoms with E-state index in [1.54, 1.807) is 6.92 Å². The maximum Gasteiger partial charge on any atom is 0.362 e. The van der Waals surface area contributed by atoms with Gasteiger partial charge in [0.15, 0.2) is 11.6 Å². The number of nitrogens with zero attached hydrogens (tertiary/aromatic N) is 2. The molecule has 31 heavy (non-hydrogen) atoms. The van der Waals surface area contributed by atoms with Gasteiger partial charge in [-0.1, -0.05) is 20.8 Å². The largest absolute Gasteiger partial charge is 0.388 e. The van der Waals surface area contributed by atoms with Crippen LogP contribution in [0.15, 0.2) is 11.0 Å². The molecule has 0 aromatic carbocycles. The van der Waals surface area contributed by atoms with Crippen LogP contribution in [-0.4, -0.2) is 59.3 Å². The number of aliphatic hydroxyl groups is 3. The Labute approximate surface area is 179 Å². The number of halogens is 1. The Balaban J connectivity index is 2.27. The molecular weight excluding hydrogens is 436 g/mol. The smallest absolute Gasteiger partial charge is 0.362 e. The maximum absolute atomic E-state index is 15.5. The molecule has 6 N–H and O–H groups in total. The number of anilines is 1. The Bertz CT molecular complexity index is 895. The number of alkyl halides is 1. The number of rotatable bonds is 9. The van der Waals surface area contributed by atoms with E-state index in [0.29, 0.717) is 5.56 Å². The summed E-state index contributed by atoms with van der Waals surface area (Å²) in [5.41, 5.74) is 5.16. The Morgan fingerprint density at radius 1 is 1.29 bits per heavy atom. The number of aryl methyl sites for hydroxylation is 1. The summed E-state index contributed by atoms with van der Waals surface area (Å²) in [7, 11) is -4.84. The van der Waals surface area contributed by atoms with Gasteiger partial charge in [-0.25, -0.2) is 9.18 Å². The lowest BCUT2D eigenvalue weighted by Gasteiger charge is -2.36. The minimum Gasteiger partial charge on any atom is -0.388 e. The van der Waals surface area contributed by atoms with Crippen molar-refractivity contribution >= 4 is 13.4 Å². The second-order valence-electron chi connectivity index (χ2n) is 7.79. The summed E-state index contributed by atoms with van der Waals surface area (Å²) in [6, 6.07) is 0. The molecule has 1 aromatic heterocycles. The predicted molar refractivity (Wildman–Crippen MR) is 109 cm³/mol. The van der Waals surface area contributed by atoms with Crippen molar-refractivity contribution in [3.8, 4) is 0 Å². The number of hydrogen-bond donors (Lipinski definition) is 5. The monoisotopic (exact) mass is 467 g/mol. The zero-order chi connectivity index (χ0) is 23.8. The highest BCUT2D eigenvalue weighted by molar-refractivity contribution is 7.54. The molecule has 6 atom stereocenters. The van der Waals surface area contributed by atoms with Crippen molar-refractivity contribution in [2.45, 2.75) is 89.1 Å². The van der Waals surface area contributed by atoms with E-state index < -0.39 is 61.9 Å². The summed E-state index contributed by atoms with van der Waals surface area (Å²) in [6.07, 6.45) is -6.15. The van der Waals surface area contributed by atoms with Gasteiger partial charge in [-0.2, -0.15) is 4.98 Å². The third-order valence-corrected chi connectivity index (χ3v) is 8.02. The van der Waals surface area contributed by atoms with Gasteiger partial charge >= 0.3 is 13.3 Å². The summed E-state index contributed by atoms with van der Waals surface area (Å²) in [4.78, 5) is 26.0. The highest BCUT2D eigenvalue weighted by Gasteiger charge is 2.53. The zero-order valence-corrected chi connectivity index (χ0v) is 18.8. The average molecular weight is 467 g/mol. The normalized spacial score (nSPS) is 28.3. The molecule has 1 aromatic rings. The van der Waals surface area contributed by atoms with Crippen LogP contribution in [0.25, 0.3) is 0 Å². The number of ether oxygens (including phenoxy) is 1. The summed E-state index contributed by atoms with van der Waals surface area (Å²) in [5.74, 6) is -2.77. The molecule has 13 heteroatoms. The van der Waals surface area contributed by atoms with Gasteiger partial charge in [-0.15, -0.1) is 0 Å². The highest BCUT2D eigenvalue weighted by atomic mass is 31.2. The van der Waals surface area contributed by atoms with Gasteiger partial charge in [0.25, 0.3) is 0 Å². The zero-order valence-electron chi connectivity index (χ0n) is 17.9. The molecule has 2 unspecified atom stereocenters. The van der Waals surface area contributed by atoms with Gasteiger partial charge in [-0.3, -0.25) is 13.7 Å². The molecule has 1 aliphatic heterocycles. The van der Waals surface area contributed by atoms with E-state index in [0.717, 1.165) is 4.57 Å². The molecule has 0 bridgehead atoms. The first-order chi connectivity index (χ1) is 14.2. The number of hydrogen-bond acceptors (Lipinski definition) is 9. The predicted octanol–water partition coefficient (Wildman–Crippen LogP) is 0.930. The molecule has 178 valence electrons. The van der Waals surface area contributed by atoms with Crippen LogP contribution in [0.4, 0.5) is 10.2 Å². The molecule has 0 saturated carbocycles. The van der Waals surface area contributed by atoms with E-state index >= 15 is 4.39 Å². The molecule has 11 nitrogen and oxygen atoms in total. The summed E-state index contributed by atoms with van der Waals surface area (Å²) >= 11 is 0. The lowest BCUT2D eigenvalue weighted by atomic mass is 10.0. The molecule has 1 aliphatic rings. The van der Waals surface area contributed by atoms with Crippen LogP contribution in [0, 0.1) is 6.92 Å². The van der Waals surface area contributed by atoms with Gasteiger partial charge in [-0.05, 0) is 19.8 Å². The average Bonchev–Trinajstić information content (AvgIpc) is 2.97. The molecule has 2 heterocycles. The minimum atomic E-state index is -4.84. The second-order valence-corrected chi connectivity index (χ2v) is 9.84. The first kappa shape index (κ1) is 25.9. The van der Waals surface area contributed by atoms with Crippen LogP contribution >= 0.6 is 7.60 Å². The van der Waals surface area contributed by atoms with Crippen LogP contribution in [0.1, 0.15) is 58.2 Å². The fourth-order valence-corrected chi connectivity index (χ4v) is 5.01. The Hall–Kier alpha value is -1.40. The van der Waals surface area contributed by atoms with Crippen LogP contribution < -0.4 is 11.4 Å². The standard InChI is InChI=1S/C18H31FN3O8P/c1-5-17(19,30-31(27,28)18(26,6-2)7-3)8-11-12(23)13(24)15(29-11)22-9-10(4)14(20)21-16(22)25/h9,11-13,15,23-24,26H,5-8H2,1-4H3,(H,27,28)(H2,20,21,25)/t11-,12-,13-,15-,17?/m1/s1. The Kier molecular flexibility index (Phi) is 7.69. The molecule has 0 spiro atoms. The van der Waals surface area contributed by atoms with Gasteiger partial charge in [0.2, 0.25) is 5.85 Å². The quantitative estimate of drug-likeness (QED) is 0.328. The lowest BCUT2D eigenvalue weighted by molar-refractivity contribution is -0.134. The van der Waals surface area contributed by atoms with E-state index in [9.17, 15) is 29.6 Å². The van der Waals surface area contributed by atoms with Crippen molar-refractivity contribution in [2.75, 3.05) is 5.73 Å². The third kappa shape index (κ3) is 5.00. The highest BCUT2D eigenvalue weighted by Crippen LogP contribution is 2.60. The van der Waals surface area contributed by atoms with E-state index in [1.165, 1.54) is 27.0 Å². The van der Waals surface area contributed by atoms with Crippen molar-refractivity contribution in [1.82, 2.24) is 9.55 Å². The van der Waals surface area contributed by atoms with Crippen molar-refractivity contribution in [3.05, 3.63) is 22.2 Å². The SMILES string of the molecule is CCC(F)(C[C@H]1O[C@@H](n2cc(C)c(N)nc2=O)[C@H](O)[C@@H]1O)OP(=O)(O)C(O)(CC)CC. The molecule has 2 rings (SSSR count). The first-order valence-electron chi connectivity index (χ1n) is 10.1. The fourth-order valence-electron chi connectivity index (χ4n) is 3.39. The molecule has 0 amide bonds. The minimum absolute atomic E-state index is 0.00831. The molecular formula is C18H31FN3O8P. The van der Waals surface area contributed by atoms with E-state index in [4.69, 9.17) is 15.0 Å². The van der Waals surface area contributed by atoms with E-state index in [1.807, 2.05) is 0 Å². The summed E-state index contributed by atoms with van der Waals surface area (Å²) in [6.45, 7) is 5.86. The Morgan fingerprint density at radius 3 is 2.39 bits per heavy atom. The third-order valence-electron chi connectivity index (χ3n) is 5.76. The summed E-state index contributed by atoms with van der Waals surface area (Å²) < 4.78 is 39.4. The van der Waals surface area contributed by atoms with Gasteiger partial charge in [0, 0.05) is 24.6 Å². The van der Waals surface area contributed by atoms with Crippen LogP contribution in [-0.2, 0) is 13.8 Å². The van der Waals surface area contributed by atoms with Crippen LogP contribution in [0.2, 0.25) is 0 Å². The van der Waals surface area contributed by atoms with Gasteiger partial charge in [0.1, 0.15) is 18.0 Å². The number of nitrogens with two attached hydrogens (primary N) is 1. The number of aromatic nitrogens is 2. The van der Waals surface area contributed by atoms with Gasteiger partial charge < -0.3 is 30.7 Å². The molecule has 1 fully saturated rings. The lowest BCUT2D eigenvalue weighted by Crippen LogP contribution is -2.40. The van der Waals surface area contributed by atoms with Crippen molar-refractivity contribution in [2.24, 2.45) is 0 Å². The Morgan fingerprint density at radius 2 is 1.87 bits per heavy atom. The number of nitrogen functional groups attached to an aromatic ring is 1. The maximum atomic E-state index is 15.5. The number of aliphatic hydroxyl groups excluding tert-OH is 2. The van der Waals surface area contributed by atoms with Crippen LogP contribution in [0.5, 0.6) is 0 Å². The topological polar surface area (TPSA) is 177 Å². The van der Waals surface area contributed by atoms with E-state index in [2.05, 4.69) is 4.98 Å².